The van der Waals surface area contributed by atoms with Gasteiger partial charge in [0.05, 0.1) is 16.7 Å². The highest BCUT2D eigenvalue weighted by molar-refractivity contribution is 5.82. The Morgan fingerprint density at radius 1 is 0.526 bits per heavy atom. The number of carbonyl (C=O) groups is 3. The van der Waals surface area contributed by atoms with Crippen molar-refractivity contribution in [3.05, 3.63) is 91.1 Å². The molecule has 300 valence electrons. The van der Waals surface area contributed by atoms with Crippen molar-refractivity contribution in [2.75, 3.05) is 19.8 Å². The molecule has 3 N–H and O–H groups in total. The molecule has 0 saturated carbocycles. The van der Waals surface area contributed by atoms with Gasteiger partial charge in [0.25, 0.3) is 0 Å². The van der Waals surface area contributed by atoms with Crippen molar-refractivity contribution in [1.29, 1.82) is 0 Å². The lowest BCUT2D eigenvalue weighted by Gasteiger charge is -2.18. The summed E-state index contributed by atoms with van der Waals surface area (Å²) in [5, 5.41) is 34.3. The number of benzene rings is 3. The largest absolute Gasteiger partial charge is 0.507 e. The highest BCUT2D eigenvalue weighted by atomic mass is 16.6. The Bertz CT molecular complexity index is 1930. The first-order valence-corrected chi connectivity index (χ1v) is 17.7. The molecule has 0 aliphatic rings. The van der Waals surface area contributed by atoms with E-state index in [0.717, 1.165) is 18.2 Å². The van der Waals surface area contributed by atoms with E-state index in [0.29, 0.717) is 33.9 Å². The number of esters is 3. The van der Waals surface area contributed by atoms with Crippen molar-refractivity contribution in [2.45, 2.75) is 59.9 Å². The Kier molecular flexibility index (Phi) is 14.4. The average molecular weight is 784 g/mol. The number of rotatable bonds is 18. The van der Waals surface area contributed by atoms with Crippen LogP contribution in [-0.4, -0.2) is 86.3 Å². The molecule has 4 aromatic rings. The van der Waals surface area contributed by atoms with Gasteiger partial charge >= 0.3 is 17.9 Å². The average Bonchev–Trinajstić information content (AvgIpc) is 3.19. The molecule has 0 radical (unpaired) electrons. The van der Waals surface area contributed by atoms with Crippen molar-refractivity contribution in [2.24, 2.45) is 0 Å². The van der Waals surface area contributed by atoms with E-state index < -0.39 is 36.2 Å². The van der Waals surface area contributed by atoms with Gasteiger partial charge in [-0.2, -0.15) is 0 Å². The zero-order valence-corrected chi connectivity index (χ0v) is 32.5. The van der Waals surface area contributed by atoms with Crippen LogP contribution in [0.2, 0.25) is 0 Å². The topological polar surface area (TPSA) is 206 Å². The maximum absolute atomic E-state index is 11.6. The highest BCUT2D eigenvalue weighted by Gasteiger charge is 2.23. The summed E-state index contributed by atoms with van der Waals surface area (Å²) in [6, 6.07) is 9.39. The van der Waals surface area contributed by atoms with Crippen LogP contribution in [0.1, 0.15) is 37.5 Å². The Morgan fingerprint density at radius 2 is 0.772 bits per heavy atom. The van der Waals surface area contributed by atoms with Crippen molar-refractivity contribution < 1.29 is 58.1 Å². The van der Waals surface area contributed by atoms with E-state index >= 15 is 0 Å². The molecule has 0 spiro atoms. The van der Waals surface area contributed by atoms with Gasteiger partial charge < -0.3 is 43.7 Å². The van der Waals surface area contributed by atoms with Gasteiger partial charge in [-0.1, -0.05) is 19.7 Å². The number of aromatic nitrogens is 3. The molecule has 0 fully saturated rings. The van der Waals surface area contributed by atoms with E-state index in [1.165, 1.54) is 18.2 Å². The van der Waals surface area contributed by atoms with Crippen LogP contribution in [0.15, 0.2) is 74.4 Å². The first kappa shape index (κ1) is 42.8. The Morgan fingerprint density at radius 3 is 1.00 bits per heavy atom. The number of hydrogen-bond acceptors (Lipinski definition) is 15. The van der Waals surface area contributed by atoms with Gasteiger partial charge in [-0.25, -0.2) is 29.3 Å². The number of carbonyl (C=O) groups excluding carboxylic acids is 3. The van der Waals surface area contributed by atoms with E-state index in [-0.39, 0.29) is 71.2 Å². The third kappa shape index (κ3) is 10.7. The summed E-state index contributed by atoms with van der Waals surface area (Å²) in [6.07, 6.45) is 1.32. The highest BCUT2D eigenvalue weighted by Crippen LogP contribution is 2.42. The molecule has 57 heavy (non-hydrogen) atoms. The van der Waals surface area contributed by atoms with Gasteiger partial charge in [-0.15, -0.1) is 0 Å². The Labute approximate surface area is 329 Å². The second-order valence-corrected chi connectivity index (χ2v) is 12.8. The molecule has 1 heterocycles. The summed E-state index contributed by atoms with van der Waals surface area (Å²) >= 11 is 0. The van der Waals surface area contributed by atoms with Gasteiger partial charge in [0.2, 0.25) is 0 Å². The lowest BCUT2D eigenvalue weighted by molar-refractivity contribution is -0.144. The first-order valence-electron chi connectivity index (χ1n) is 17.7. The Balaban J connectivity index is 1.78. The quantitative estimate of drug-likeness (QED) is 0.0567. The maximum atomic E-state index is 11.6. The van der Waals surface area contributed by atoms with Crippen LogP contribution >= 0.6 is 0 Å². The minimum Gasteiger partial charge on any atom is -0.507 e. The Hall–Kier alpha value is -6.90. The van der Waals surface area contributed by atoms with Crippen LogP contribution in [0, 0.1) is 20.8 Å². The molecular weight excluding hydrogens is 738 g/mol. The molecule has 0 aliphatic heterocycles. The summed E-state index contributed by atoms with van der Waals surface area (Å²) < 4.78 is 33.0. The molecule has 0 aliphatic carbocycles. The summed E-state index contributed by atoms with van der Waals surface area (Å²) in [5.74, 6) is -1.59. The molecule has 15 heteroatoms. The van der Waals surface area contributed by atoms with E-state index in [9.17, 15) is 29.7 Å². The minimum absolute atomic E-state index is 0.00625. The predicted octanol–water partition coefficient (Wildman–Crippen LogP) is 6.40. The van der Waals surface area contributed by atoms with Crippen molar-refractivity contribution in [3.63, 3.8) is 0 Å². The fraction of sp³-hybridized carbons (Fsp3) is 0.286. The van der Waals surface area contributed by atoms with Crippen molar-refractivity contribution >= 4 is 17.9 Å². The number of phenols is 3. The maximum Gasteiger partial charge on any atom is 0.330 e. The molecule has 0 amide bonds. The van der Waals surface area contributed by atoms with Crippen LogP contribution < -0.4 is 14.2 Å². The van der Waals surface area contributed by atoms with E-state index in [1.807, 2.05) is 0 Å². The molecule has 3 unspecified atom stereocenters. The normalized spacial score (nSPS) is 12.3. The predicted molar refractivity (Wildman–Crippen MR) is 209 cm³/mol. The summed E-state index contributed by atoms with van der Waals surface area (Å²) in [7, 11) is 0. The molecule has 3 aromatic carbocycles. The first-order chi connectivity index (χ1) is 27.1. The lowest BCUT2D eigenvalue weighted by atomic mass is 10.1. The molecule has 1 aromatic heterocycles. The van der Waals surface area contributed by atoms with Gasteiger partial charge in [0, 0.05) is 34.9 Å². The van der Waals surface area contributed by atoms with Crippen molar-refractivity contribution in [3.8, 4) is 68.7 Å². The lowest BCUT2D eigenvalue weighted by Crippen LogP contribution is -2.21. The second kappa shape index (κ2) is 19.1. The summed E-state index contributed by atoms with van der Waals surface area (Å²) in [5.41, 5.74) is 1.52. The van der Waals surface area contributed by atoms with Crippen LogP contribution in [0.25, 0.3) is 34.2 Å². The number of phenolic OH excluding ortho intramolecular Hbond substituents is 3. The molecule has 0 saturated heterocycles. The van der Waals surface area contributed by atoms with Gasteiger partial charge in [-0.05, 0) is 77.9 Å². The van der Waals surface area contributed by atoms with Gasteiger partial charge in [-0.3, -0.25) is 0 Å². The van der Waals surface area contributed by atoms with Crippen LogP contribution in [0.3, 0.4) is 0 Å². The number of nitrogens with zero attached hydrogens (tertiary/aromatic N) is 3. The smallest absolute Gasteiger partial charge is 0.330 e. The fourth-order valence-corrected chi connectivity index (χ4v) is 5.26. The molecule has 3 atom stereocenters. The SMILES string of the molecule is C=CC(=O)OC(C)COc1ccc(-c2nc(-c3ccc(OCC(C)OC(=O)C=C)c(C)c3O)nc(-c3ccc(OCC(C)OC(=O)C=C)c(C)c3O)n2)c(O)c1C. The van der Waals surface area contributed by atoms with Crippen LogP contribution in [0.4, 0.5) is 0 Å². The van der Waals surface area contributed by atoms with E-state index in [1.54, 1.807) is 59.7 Å². The van der Waals surface area contributed by atoms with E-state index in [4.69, 9.17) is 28.4 Å². The van der Waals surface area contributed by atoms with Crippen LogP contribution in [-0.2, 0) is 28.6 Å². The molecule has 0 bridgehead atoms. The van der Waals surface area contributed by atoms with Crippen molar-refractivity contribution in [1.82, 2.24) is 15.0 Å². The van der Waals surface area contributed by atoms with Gasteiger partial charge in [0.15, 0.2) is 17.5 Å². The minimum atomic E-state index is -0.609. The van der Waals surface area contributed by atoms with E-state index in [2.05, 4.69) is 34.7 Å². The summed E-state index contributed by atoms with van der Waals surface area (Å²) in [6.45, 7) is 19.9. The number of ether oxygens (including phenoxy) is 6. The molecule has 4 rings (SSSR count). The van der Waals surface area contributed by atoms with Crippen LogP contribution in [0.5, 0.6) is 34.5 Å². The number of hydrogen-bond donors (Lipinski definition) is 3. The monoisotopic (exact) mass is 783 g/mol. The number of aromatic hydroxyl groups is 3. The second-order valence-electron chi connectivity index (χ2n) is 12.8. The zero-order valence-electron chi connectivity index (χ0n) is 32.5. The molecular formula is C42H45N3O12. The zero-order chi connectivity index (χ0) is 42.0. The fourth-order valence-electron chi connectivity index (χ4n) is 5.26. The summed E-state index contributed by atoms with van der Waals surface area (Å²) in [4.78, 5) is 48.7. The third-order valence-electron chi connectivity index (χ3n) is 8.37. The van der Waals surface area contributed by atoms with Gasteiger partial charge in [0.1, 0.15) is 72.6 Å². The third-order valence-corrected chi connectivity index (χ3v) is 8.37. The standard InChI is InChI=1S/C42H45N3O12/c1-10-34(46)55-22(4)19-52-31-16-13-28(37(49)25(31)7)40-43-41(29-14-17-32(26(8)38(29)50)53-20-23(5)56-35(47)11-2)45-42(44-40)30-15-18-33(27(9)39(30)51)54-21-24(6)57-36(48)12-3/h10-18,22-24,49-51H,1-3,19-21H2,4-9H3. The molecule has 15 nitrogen and oxygen atoms in total.